The summed E-state index contributed by atoms with van der Waals surface area (Å²) < 4.78 is 0. The molecular weight excluding hydrogens is 196 g/mol. The van der Waals surface area contributed by atoms with E-state index in [2.05, 4.69) is 24.3 Å². The standard InChI is InChI=1S/C15H20O/c16-12-15-10-8-14(9-11-15)7-6-13-4-2-1-3-5-13/h4,6-8,12,15H,1-3,5,9-11H2. The topological polar surface area (TPSA) is 17.1 Å². The van der Waals surface area contributed by atoms with Gasteiger partial charge in [-0.3, -0.25) is 0 Å². The number of carbonyl (C=O) groups excluding carboxylic acids is 1. The number of allylic oxidation sites excluding steroid dienone is 6. The number of hydrogen-bond acceptors (Lipinski definition) is 1. The molecule has 1 unspecified atom stereocenters. The molecule has 0 spiro atoms. The van der Waals surface area contributed by atoms with Crippen molar-refractivity contribution in [3.63, 3.8) is 0 Å². The first-order valence-corrected chi connectivity index (χ1v) is 6.40. The van der Waals surface area contributed by atoms with Crippen LogP contribution in [0.5, 0.6) is 0 Å². The third-order valence-electron chi connectivity index (χ3n) is 3.52. The van der Waals surface area contributed by atoms with Crippen LogP contribution in [0.1, 0.15) is 44.9 Å². The molecule has 1 nitrogen and oxygen atoms in total. The van der Waals surface area contributed by atoms with Crippen LogP contribution in [0, 0.1) is 5.92 Å². The van der Waals surface area contributed by atoms with Crippen LogP contribution in [0.15, 0.2) is 35.5 Å². The van der Waals surface area contributed by atoms with E-state index in [4.69, 9.17) is 0 Å². The minimum Gasteiger partial charge on any atom is -0.303 e. The van der Waals surface area contributed by atoms with Crippen molar-refractivity contribution in [3.05, 3.63) is 35.5 Å². The molecule has 2 aliphatic rings. The van der Waals surface area contributed by atoms with Crippen LogP contribution in [-0.2, 0) is 4.79 Å². The van der Waals surface area contributed by atoms with E-state index in [0.717, 1.165) is 25.5 Å². The quantitative estimate of drug-likeness (QED) is 0.652. The zero-order valence-corrected chi connectivity index (χ0v) is 9.82. The maximum absolute atomic E-state index is 10.6. The van der Waals surface area contributed by atoms with E-state index in [1.807, 2.05) is 0 Å². The van der Waals surface area contributed by atoms with Crippen LogP contribution in [-0.4, -0.2) is 6.29 Å². The molecule has 0 bridgehead atoms. The van der Waals surface area contributed by atoms with Gasteiger partial charge in [-0.2, -0.15) is 0 Å². The molecule has 0 saturated heterocycles. The van der Waals surface area contributed by atoms with Gasteiger partial charge in [0.25, 0.3) is 0 Å². The third kappa shape index (κ3) is 3.19. The lowest BCUT2D eigenvalue weighted by atomic mass is 9.90. The normalized spacial score (nSPS) is 26.4. The van der Waals surface area contributed by atoms with E-state index < -0.39 is 0 Å². The van der Waals surface area contributed by atoms with Crippen molar-refractivity contribution < 1.29 is 4.79 Å². The zero-order chi connectivity index (χ0) is 11.2. The summed E-state index contributed by atoms with van der Waals surface area (Å²) in [4.78, 5) is 10.6. The Bertz CT molecular complexity index is 333. The van der Waals surface area contributed by atoms with Gasteiger partial charge in [0, 0.05) is 5.92 Å². The average Bonchev–Trinajstić information content (AvgIpc) is 2.38. The molecule has 0 aromatic rings. The Morgan fingerprint density at radius 2 is 1.88 bits per heavy atom. The lowest BCUT2D eigenvalue weighted by Gasteiger charge is -2.15. The minimum atomic E-state index is 0.269. The number of hydrogen-bond donors (Lipinski definition) is 0. The Morgan fingerprint density at radius 3 is 2.44 bits per heavy atom. The molecule has 0 radical (unpaired) electrons. The lowest BCUT2D eigenvalue weighted by molar-refractivity contribution is -0.111. The third-order valence-corrected chi connectivity index (χ3v) is 3.52. The van der Waals surface area contributed by atoms with Gasteiger partial charge in [0.15, 0.2) is 0 Å². The largest absolute Gasteiger partial charge is 0.303 e. The first kappa shape index (κ1) is 11.4. The maximum atomic E-state index is 10.6. The second kappa shape index (κ2) is 5.83. The van der Waals surface area contributed by atoms with E-state index in [0.29, 0.717) is 0 Å². The second-order valence-electron chi connectivity index (χ2n) is 4.81. The highest BCUT2D eigenvalue weighted by atomic mass is 16.1. The summed E-state index contributed by atoms with van der Waals surface area (Å²) in [5, 5.41) is 0. The lowest BCUT2D eigenvalue weighted by Crippen LogP contribution is -2.05. The Balaban J connectivity index is 1.90. The molecule has 16 heavy (non-hydrogen) atoms. The summed E-state index contributed by atoms with van der Waals surface area (Å²) in [7, 11) is 0. The highest BCUT2D eigenvalue weighted by Crippen LogP contribution is 2.24. The van der Waals surface area contributed by atoms with Crippen LogP contribution >= 0.6 is 0 Å². The molecule has 2 aliphatic carbocycles. The van der Waals surface area contributed by atoms with Crippen LogP contribution < -0.4 is 0 Å². The van der Waals surface area contributed by atoms with E-state index in [1.54, 1.807) is 0 Å². The molecule has 0 aliphatic heterocycles. The summed E-state index contributed by atoms with van der Waals surface area (Å²) in [6.45, 7) is 0. The van der Waals surface area contributed by atoms with Crippen LogP contribution in [0.25, 0.3) is 0 Å². The van der Waals surface area contributed by atoms with Gasteiger partial charge in [-0.05, 0) is 44.9 Å². The van der Waals surface area contributed by atoms with Crippen molar-refractivity contribution in [1.29, 1.82) is 0 Å². The van der Waals surface area contributed by atoms with Gasteiger partial charge in [-0.1, -0.05) is 35.5 Å². The summed E-state index contributed by atoms with van der Waals surface area (Å²) >= 11 is 0. The van der Waals surface area contributed by atoms with Crippen molar-refractivity contribution in [1.82, 2.24) is 0 Å². The van der Waals surface area contributed by atoms with E-state index in [-0.39, 0.29) is 5.92 Å². The first-order valence-electron chi connectivity index (χ1n) is 6.40. The van der Waals surface area contributed by atoms with Gasteiger partial charge in [-0.25, -0.2) is 0 Å². The molecule has 86 valence electrons. The van der Waals surface area contributed by atoms with E-state index in [1.165, 1.54) is 36.8 Å². The number of carbonyl (C=O) groups is 1. The first-order chi connectivity index (χ1) is 7.88. The smallest absolute Gasteiger partial charge is 0.123 e. The molecule has 0 saturated carbocycles. The predicted molar refractivity (Wildman–Crippen MR) is 67.2 cm³/mol. The molecule has 0 fully saturated rings. The van der Waals surface area contributed by atoms with Crippen molar-refractivity contribution in [3.8, 4) is 0 Å². The summed E-state index contributed by atoms with van der Waals surface area (Å²) in [5.41, 5.74) is 2.90. The fourth-order valence-corrected chi connectivity index (χ4v) is 2.38. The molecule has 0 amide bonds. The van der Waals surface area contributed by atoms with Crippen molar-refractivity contribution >= 4 is 6.29 Å². The molecule has 0 aromatic carbocycles. The summed E-state index contributed by atoms with van der Waals surface area (Å²) in [6.07, 6.45) is 18.4. The Labute approximate surface area is 97.9 Å². The van der Waals surface area contributed by atoms with Crippen LogP contribution in [0.4, 0.5) is 0 Å². The second-order valence-corrected chi connectivity index (χ2v) is 4.81. The highest BCUT2D eigenvalue weighted by Gasteiger charge is 2.11. The molecule has 2 rings (SSSR count). The van der Waals surface area contributed by atoms with Crippen LogP contribution in [0.2, 0.25) is 0 Å². The van der Waals surface area contributed by atoms with Gasteiger partial charge < -0.3 is 4.79 Å². The Hall–Kier alpha value is -1.11. The maximum Gasteiger partial charge on any atom is 0.123 e. The van der Waals surface area contributed by atoms with Crippen molar-refractivity contribution in [2.24, 2.45) is 5.92 Å². The molecule has 1 atom stereocenters. The fourth-order valence-electron chi connectivity index (χ4n) is 2.38. The molecule has 1 heteroatoms. The van der Waals surface area contributed by atoms with Crippen LogP contribution in [0.3, 0.4) is 0 Å². The Kier molecular flexibility index (Phi) is 4.15. The number of aldehydes is 1. The van der Waals surface area contributed by atoms with Gasteiger partial charge >= 0.3 is 0 Å². The molecule has 0 N–H and O–H groups in total. The highest BCUT2D eigenvalue weighted by molar-refractivity contribution is 5.54. The fraction of sp³-hybridized carbons (Fsp3) is 0.533. The monoisotopic (exact) mass is 216 g/mol. The van der Waals surface area contributed by atoms with Crippen molar-refractivity contribution in [2.75, 3.05) is 0 Å². The Morgan fingerprint density at radius 1 is 1.06 bits per heavy atom. The molecular formula is C15H20O. The SMILES string of the molecule is O=CC1CC=C(C=CC2=CCCCC2)CC1. The van der Waals surface area contributed by atoms with Gasteiger partial charge in [0.05, 0.1) is 0 Å². The van der Waals surface area contributed by atoms with E-state index >= 15 is 0 Å². The molecule has 0 heterocycles. The zero-order valence-electron chi connectivity index (χ0n) is 9.82. The molecule has 0 aromatic heterocycles. The average molecular weight is 216 g/mol. The van der Waals surface area contributed by atoms with Gasteiger partial charge in [0.1, 0.15) is 6.29 Å². The van der Waals surface area contributed by atoms with Crippen molar-refractivity contribution in [2.45, 2.75) is 44.9 Å². The van der Waals surface area contributed by atoms with Gasteiger partial charge in [0.2, 0.25) is 0 Å². The van der Waals surface area contributed by atoms with E-state index in [9.17, 15) is 4.79 Å². The van der Waals surface area contributed by atoms with Gasteiger partial charge in [-0.15, -0.1) is 0 Å². The predicted octanol–water partition coefficient (Wildman–Crippen LogP) is 3.97. The minimum absolute atomic E-state index is 0.269. The number of rotatable bonds is 3. The summed E-state index contributed by atoms with van der Waals surface area (Å²) in [6, 6.07) is 0. The summed E-state index contributed by atoms with van der Waals surface area (Å²) in [5.74, 6) is 0.269.